The van der Waals surface area contributed by atoms with Crippen molar-refractivity contribution in [3.05, 3.63) is 30.1 Å². The molecule has 1 aliphatic carbocycles. The van der Waals surface area contributed by atoms with Crippen LogP contribution in [0.4, 0.5) is 0 Å². The van der Waals surface area contributed by atoms with Gasteiger partial charge < -0.3 is 10.2 Å². The number of pyridine rings is 1. The summed E-state index contributed by atoms with van der Waals surface area (Å²) in [4.78, 5) is 19.2. The quantitative estimate of drug-likeness (QED) is 0.915. The van der Waals surface area contributed by atoms with Crippen molar-refractivity contribution in [2.24, 2.45) is 11.3 Å². The van der Waals surface area contributed by atoms with Crippen LogP contribution in [0.15, 0.2) is 24.4 Å². The number of nitrogens with one attached hydrogen (secondary N) is 1. The van der Waals surface area contributed by atoms with Crippen molar-refractivity contribution in [1.29, 1.82) is 0 Å². The van der Waals surface area contributed by atoms with E-state index in [0.29, 0.717) is 18.4 Å². The van der Waals surface area contributed by atoms with Gasteiger partial charge >= 0.3 is 0 Å². The van der Waals surface area contributed by atoms with Crippen molar-refractivity contribution < 1.29 is 4.79 Å². The van der Waals surface area contributed by atoms with Gasteiger partial charge in [-0.25, -0.2) is 0 Å². The first kappa shape index (κ1) is 19.2. The van der Waals surface area contributed by atoms with Crippen molar-refractivity contribution in [2.75, 3.05) is 20.1 Å². The Hall–Kier alpha value is -0.840. The Labute approximate surface area is 144 Å². The van der Waals surface area contributed by atoms with Crippen LogP contribution in [0.25, 0.3) is 0 Å². The summed E-state index contributed by atoms with van der Waals surface area (Å²) in [6.07, 6.45) is 6.46. The fourth-order valence-electron chi connectivity index (χ4n) is 3.85. The van der Waals surface area contributed by atoms with E-state index in [1.807, 2.05) is 30.1 Å². The van der Waals surface area contributed by atoms with E-state index in [4.69, 9.17) is 0 Å². The normalized spacial score (nSPS) is 26.3. The smallest absolute Gasteiger partial charge is 0.230 e. The maximum absolute atomic E-state index is 13.0. The first-order valence-corrected chi connectivity index (χ1v) is 7.58. The molecule has 1 saturated carbocycles. The lowest BCUT2D eigenvalue weighted by Crippen LogP contribution is -2.48. The number of fused-ring (bicyclic) bond motifs is 1. The first-order valence-electron chi connectivity index (χ1n) is 7.58. The summed E-state index contributed by atoms with van der Waals surface area (Å²) in [5.41, 5.74) is 0.806. The molecule has 2 fully saturated rings. The molecule has 0 unspecified atom stereocenters. The summed E-state index contributed by atoms with van der Waals surface area (Å²) in [5.74, 6) is 0.827. The van der Waals surface area contributed by atoms with Crippen LogP contribution in [0.1, 0.15) is 31.4 Å². The van der Waals surface area contributed by atoms with E-state index in [0.717, 1.165) is 25.2 Å². The summed E-state index contributed by atoms with van der Waals surface area (Å²) in [6, 6.07) is 5.86. The molecule has 0 spiro atoms. The monoisotopic (exact) mass is 345 g/mol. The number of aromatic nitrogens is 1. The predicted molar refractivity (Wildman–Crippen MR) is 92.5 cm³/mol. The summed E-state index contributed by atoms with van der Waals surface area (Å²) >= 11 is 0. The Morgan fingerprint density at radius 2 is 2.23 bits per heavy atom. The Kier molecular flexibility index (Phi) is 7.10. The third-order valence-electron chi connectivity index (χ3n) is 4.94. The summed E-state index contributed by atoms with van der Waals surface area (Å²) in [6.45, 7) is 2.46. The van der Waals surface area contributed by atoms with Gasteiger partial charge in [0.05, 0.1) is 17.7 Å². The second kappa shape index (κ2) is 8.14. The van der Waals surface area contributed by atoms with Gasteiger partial charge in [-0.3, -0.25) is 9.78 Å². The van der Waals surface area contributed by atoms with Gasteiger partial charge in [0.15, 0.2) is 0 Å². The average Bonchev–Trinajstić information content (AvgIpc) is 2.92. The highest BCUT2D eigenvalue weighted by Gasteiger charge is 2.50. The average molecular weight is 346 g/mol. The SMILES string of the molecule is CN(Cc1ccccn1)C(=O)[C@@]12CCCC[C@H]1CNC2.Cl.Cl. The highest BCUT2D eigenvalue weighted by atomic mass is 35.5. The third kappa shape index (κ3) is 3.55. The highest BCUT2D eigenvalue weighted by Crippen LogP contribution is 2.45. The molecular formula is C16H25Cl2N3O. The lowest BCUT2D eigenvalue weighted by molar-refractivity contribution is -0.144. The van der Waals surface area contributed by atoms with Crippen molar-refractivity contribution in [3.63, 3.8) is 0 Å². The van der Waals surface area contributed by atoms with E-state index in [9.17, 15) is 4.79 Å². The minimum Gasteiger partial charge on any atom is -0.339 e. The standard InChI is InChI=1S/C16H23N3O.2ClH/c1-19(11-14-7-3-5-9-18-14)15(20)16-8-4-2-6-13(16)10-17-12-16;;/h3,5,7,9,13,17H,2,4,6,8,10-12H2,1H3;2*1H/t13-,16+;;/m0../s1. The zero-order chi connectivity index (χ0) is 14.0. The third-order valence-corrected chi connectivity index (χ3v) is 4.94. The van der Waals surface area contributed by atoms with E-state index in [1.54, 1.807) is 6.20 Å². The largest absolute Gasteiger partial charge is 0.339 e. The van der Waals surface area contributed by atoms with Gasteiger partial charge in [-0.2, -0.15) is 0 Å². The van der Waals surface area contributed by atoms with Crippen molar-refractivity contribution in [2.45, 2.75) is 32.2 Å². The molecule has 1 saturated heterocycles. The van der Waals surface area contributed by atoms with Crippen molar-refractivity contribution in [1.82, 2.24) is 15.2 Å². The molecule has 1 N–H and O–H groups in total. The lowest BCUT2D eigenvalue weighted by atomic mass is 9.67. The number of nitrogens with zero attached hydrogens (tertiary/aromatic N) is 2. The molecule has 2 heterocycles. The summed E-state index contributed by atoms with van der Waals surface area (Å²) in [7, 11) is 1.91. The molecule has 0 radical (unpaired) electrons. The Bertz CT molecular complexity index is 486. The molecule has 22 heavy (non-hydrogen) atoms. The van der Waals surface area contributed by atoms with Crippen LogP contribution in [0.5, 0.6) is 0 Å². The van der Waals surface area contributed by atoms with Crippen LogP contribution < -0.4 is 5.32 Å². The zero-order valence-corrected chi connectivity index (χ0v) is 14.6. The number of amides is 1. The van der Waals surface area contributed by atoms with Gasteiger partial charge in [-0.15, -0.1) is 24.8 Å². The van der Waals surface area contributed by atoms with Crippen molar-refractivity contribution >= 4 is 30.7 Å². The van der Waals surface area contributed by atoms with Gasteiger partial charge in [-0.05, 0) is 37.4 Å². The van der Waals surface area contributed by atoms with Gasteiger partial charge in [0, 0.05) is 19.8 Å². The van der Waals surface area contributed by atoms with Gasteiger partial charge in [0.25, 0.3) is 0 Å². The number of carbonyl (C=O) groups excluding carboxylic acids is 1. The van der Waals surface area contributed by atoms with Crippen LogP contribution in [0.3, 0.4) is 0 Å². The number of rotatable bonds is 3. The van der Waals surface area contributed by atoms with E-state index in [-0.39, 0.29) is 30.2 Å². The second-order valence-electron chi connectivity index (χ2n) is 6.21. The van der Waals surface area contributed by atoms with Crippen LogP contribution in [0.2, 0.25) is 0 Å². The zero-order valence-electron chi connectivity index (χ0n) is 13.0. The molecule has 1 aliphatic heterocycles. The van der Waals surface area contributed by atoms with E-state index in [1.165, 1.54) is 19.3 Å². The molecule has 0 bridgehead atoms. The summed E-state index contributed by atoms with van der Waals surface area (Å²) in [5, 5.41) is 3.44. The molecule has 1 aromatic rings. The number of halogens is 2. The minimum absolute atomic E-state index is 0. The molecule has 6 heteroatoms. The van der Waals surface area contributed by atoms with E-state index >= 15 is 0 Å². The minimum atomic E-state index is -0.151. The fourth-order valence-corrected chi connectivity index (χ4v) is 3.85. The van der Waals surface area contributed by atoms with Gasteiger partial charge in [-0.1, -0.05) is 18.9 Å². The van der Waals surface area contributed by atoms with Crippen LogP contribution in [-0.4, -0.2) is 35.9 Å². The fraction of sp³-hybridized carbons (Fsp3) is 0.625. The van der Waals surface area contributed by atoms with Crippen molar-refractivity contribution in [3.8, 4) is 0 Å². The summed E-state index contributed by atoms with van der Waals surface area (Å²) < 4.78 is 0. The number of carbonyl (C=O) groups is 1. The second-order valence-corrected chi connectivity index (χ2v) is 6.21. The highest BCUT2D eigenvalue weighted by molar-refractivity contribution is 5.85. The molecule has 124 valence electrons. The number of hydrogen-bond acceptors (Lipinski definition) is 3. The number of hydrogen-bond donors (Lipinski definition) is 1. The van der Waals surface area contributed by atoms with Gasteiger partial charge in [0.2, 0.25) is 5.91 Å². The van der Waals surface area contributed by atoms with Crippen LogP contribution in [0, 0.1) is 11.3 Å². The molecule has 0 aromatic carbocycles. The van der Waals surface area contributed by atoms with Crippen LogP contribution >= 0.6 is 24.8 Å². The molecule has 2 atom stereocenters. The van der Waals surface area contributed by atoms with Gasteiger partial charge in [0.1, 0.15) is 0 Å². The Balaban J connectivity index is 0.00000121. The Morgan fingerprint density at radius 3 is 2.95 bits per heavy atom. The van der Waals surface area contributed by atoms with E-state index in [2.05, 4.69) is 10.3 Å². The predicted octanol–water partition coefficient (Wildman–Crippen LogP) is 2.66. The van der Waals surface area contributed by atoms with E-state index < -0.39 is 0 Å². The molecule has 3 rings (SSSR count). The Morgan fingerprint density at radius 1 is 1.41 bits per heavy atom. The molecule has 1 amide bonds. The molecule has 1 aromatic heterocycles. The topological polar surface area (TPSA) is 45.2 Å². The maximum atomic E-state index is 13.0. The lowest BCUT2D eigenvalue weighted by Gasteiger charge is -2.39. The molecule has 4 nitrogen and oxygen atoms in total. The molecular weight excluding hydrogens is 321 g/mol. The first-order chi connectivity index (χ1) is 9.72. The maximum Gasteiger partial charge on any atom is 0.230 e. The van der Waals surface area contributed by atoms with Crippen LogP contribution in [-0.2, 0) is 11.3 Å². The molecule has 2 aliphatic rings.